The third kappa shape index (κ3) is 6.47. The molecule has 122 valence electrons. The first-order valence-electron chi connectivity index (χ1n) is 7.50. The third-order valence-corrected chi connectivity index (χ3v) is 3.73. The minimum absolute atomic E-state index is 0.0236. The molecule has 2 amide bonds. The maximum atomic E-state index is 12.1. The number of likely N-dealkylation sites (N-methyl/N-ethyl adjacent to an activating group) is 2. The highest BCUT2D eigenvalue weighted by Crippen LogP contribution is 2.23. The molecule has 6 heteroatoms. The van der Waals surface area contributed by atoms with Crippen LogP contribution < -0.4 is 10.1 Å². The van der Waals surface area contributed by atoms with Gasteiger partial charge in [-0.1, -0.05) is 12.1 Å². The first-order chi connectivity index (χ1) is 10.6. The van der Waals surface area contributed by atoms with Gasteiger partial charge in [0.05, 0.1) is 17.6 Å². The number of benzene rings is 1. The second kappa shape index (κ2) is 10.2. The van der Waals surface area contributed by atoms with Gasteiger partial charge in [-0.05, 0) is 48.3 Å². The van der Waals surface area contributed by atoms with Crippen LogP contribution in [0.5, 0.6) is 5.75 Å². The fraction of sp³-hybridized carbons (Fsp3) is 0.500. The van der Waals surface area contributed by atoms with Crippen LogP contribution in [0.15, 0.2) is 28.7 Å². The molecule has 22 heavy (non-hydrogen) atoms. The summed E-state index contributed by atoms with van der Waals surface area (Å²) in [5.74, 6) is 0.622. The number of hydrogen-bond acceptors (Lipinski definition) is 3. The van der Waals surface area contributed by atoms with E-state index >= 15 is 0 Å². The quantitative estimate of drug-likeness (QED) is 0.679. The molecular formula is C16H23BrN2O3. The van der Waals surface area contributed by atoms with E-state index in [4.69, 9.17) is 4.74 Å². The number of nitrogens with zero attached hydrogens (tertiary/aromatic N) is 1. The standard InChI is InChI=1S/C16H23BrN2O3/c1-3-18-15(20)12-19(4-2)16(21)10-7-11-22-14-9-6-5-8-13(14)17/h5-6,8-9H,3-4,7,10-12H2,1-2H3,(H,18,20). The average Bonchev–Trinajstić information content (AvgIpc) is 2.50. The SMILES string of the molecule is CCNC(=O)CN(CC)C(=O)CCCOc1ccccc1Br. The molecule has 0 aliphatic rings. The number of halogens is 1. The van der Waals surface area contributed by atoms with Crippen molar-refractivity contribution >= 4 is 27.7 Å². The Morgan fingerprint density at radius 2 is 2.00 bits per heavy atom. The van der Waals surface area contributed by atoms with E-state index in [9.17, 15) is 9.59 Å². The van der Waals surface area contributed by atoms with Gasteiger partial charge in [0.25, 0.3) is 0 Å². The zero-order valence-electron chi connectivity index (χ0n) is 13.1. The van der Waals surface area contributed by atoms with Crippen molar-refractivity contribution in [3.05, 3.63) is 28.7 Å². The van der Waals surface area contributed by atoms with Crippen molar-refractivity contribution in [2.24, 2.45) is 0 Å². The van der Waals surface area contributed by atoms with Gasteiger partial charge in [0.15, 0.2) is 0 Å². The summed E-state index contributed by atoms with van der Waals surface area (Å²) in [6.07, 6.45) is 0.990. The zero-order chi connectivity index (χ0) is 16.4. The predicted octanol–water partition coefficient (Wildman–Crippen LogP) is 2.59. The summed E-state index contributed by atoms with van der Waals surface area (Å²) in [5, 5.41) is 2.70. The minimum atomic E-state index is -0.123. The fourth-order valence-electron chi connectivity index (χ4n) is 1.93. The molecule has 0 unspecified atom stereocenters. The maximum Gasteiger partial charge on any atom is 0.239 e. The van der Waals surface area contributed by atoms with E-state index in [1.165, 1.54) is 0 Å². The van der Waals surface area contributed by atoms with E-state index < -0.39 is 0 Å². The molecule has 1 aromatic carbocycles. The Hall–Kier alpha value is -1.56. The molecule has 0 spiro atoms. The molecule has 1 rings (SSSR count). The lowest BCUT2D eigenvalue weighted by atomic mass is 10.2. The lowest BCUT2D eigenvalue weighted by Gasteiger charge is -2.20. The molecular weight excluding hydrogens is 348 g/mol. The van der Waals surface area contributed by atoms with Crippen LogP contribution in [0.4, 0.5) is 0 Å². The van der Waals surface area contributed by atoms with E-state index in [-0.39, 0.29) is 18.4 Å². The number of para-hydroxylation sites is 1. The van der Waals surface area contributed by atoms with Crippen LogP contribution in [0.1, 0.15) is 26.7 Å². The molecule has 0 saturated heterocycles. The van der Waals surface area contributed by atoms with Gasteiger partial charge in [-0.3, -0.25) is 9.59 Å². The summed E-state index contributed by atoms with van der Waals surface area (Å²) in [6.45, 7) is 5.41. The summed E-state index contributed by atoms with van der Waals surface area (Å²) in [4.78, 5) is 25.2. The van der Waals surface area contributed by atoms with Crippen LogP contribution in [0, 0.1) is 0 Å². The highest BCUT2D eigenvalue weighted by atomic mass is 79.9. The molecule has 1 aromatic rings. The van der Waals surface area contributed by atoms with Crippen molar-refractivity contribution in [2.45, 2.75) is 26.7 Å². The second-order valence-electron chi connectivity index (χ2n) is 4.74. The number of hydrogen-bond donors (Lipinski definition) is 1. The summed E-state index contributed by atoms with van der Waals surface area (Å²) >= 11 is 3.41. The van der Waals surface area contributed by atoms with Gasteiger partial charge in [0, 0.05) is 19.5 Å². The van der Waals surface area contributed by atoms with E-state index in [2.05, 4.69) is 21.2 Å². The number of carbonyl (C=O) groups is 2. The largest absolute Gasteiger partial charge is 0.492 e. The normalized spacial score (nSPS) is 10.1. The van der Waals surface area contributed by atoms with Crippen molar-refractivity contribution in [3.8, 4) is 5.75 Å². The molecule has 0 fully saturated rings. The topological polar surface area (TPSA) is 58.6 Å². The van der Waals surface area contributed by atoms with Gasteiger partial charge < -0.3 is 15.0 Å². The van der Waals surface area contributed by atoms with Crippen LogP contribution in [0.25, 0.3) is 0 Å². The fourth-order valence-corrected chi connectivity index (χ4v) is 2.33. The van der Waals surface area contributed by atoms with Crippen molar-refractivity contribution in [1.82, 2.24) is 10.2 Å². The third-order valence-electron chi connectivity index (χ3n) is 3.07. The van der Waals surface area contributed by atoms with Gasteiger partial charge in [-0.2, -0.15) is 0 Å². The Balaban J connectivity index is 2.32. The number of amides is 2. The molecule has 0 saturated carbocycles. The molecule has 0 aliphatic carbocycles. The van der Waals surface area contributed by atoms with Crippen LogP contribution >= 0.6 is 15.9 Å². The predicted molar refractivity (Wildman–Crippen MR) is 89.8 cm³/mol. The number of ether oxygens (including phenoxy) is 1. The molecule has 1 N–H and O–H groups in total. The average molecular weight is 371 g/mol. The van der Waals surface area contributed by atoms with Crippen LogP contribution in [0.3, 0.4) is 0 Å². The maximum absolute atomic E-state index is 12.1. The highest BCUT2D eigenvalue weighted by molar-refractivity contribution is 9.10. The zero-order valence-corrected chi connectivity index (χ0v) is 14.7. The van der Waals surface area contributed by atoms with E-state index in [1.807, 2.05) is 38.1 Å². The number of nitrogens with one attached hydrogen (secondary N) is 1. The van der Waals surface area contributed by atoms with Crippen molar-refractivity contribution in [2.75, 3.05) is 26.2 Å². The second-order valence-corrected chi connectivity index (χ2v) is 5.60. The van der Waals surface area contributed by atoms with Crippen molar-refractivity contribution in [1.29, 1.82) is 0 Å². The Labute approximate surface area is 140 Å². The molecule has 5 nitrogen and oxygen atoms in total. The van der Waals surface area contributed by atoms with Crippen LogP contribution in [-0.2, 0) is 9.59 Å². The molecule has 0 heterocycles. The molecule has 0 radical (unpaired) electrons. The summed E-state index contributed by atoms with van der Waals surface area (Å²) in [5.41, 5.74) is 0. The molecule has 0 bridgehead atoms. The monoisotopic (exact) mass is 370 g/mol. The molecule has 0 atom stereocenters. The smallest absolute Gasteiger partial charge is 0.239 e. The number of rotatable bonds is 9. The summed E-state index contributed by atoms with van der Waals surface area (Å²) in [7, 11) is 0. The molecule has 0 aliphatic heterocycles. The van der Waals surface area contributed by atoms with Crippen molar-refractivity contribution in [3.63, 3.8) is 0 Å². The Morgan fingerprint density at radius 1 is 1.27 bits per heavy atom. The Morgan fingerprint density at radius 3 is 2.64 bits per heavy atom. The Kier molecular flexibility index (Phi) is 8.58. The van der Waals surface area contributed by atoms with Crippen LogP contribution in [0.2, 0.25) is 0 Å². The van der Waals surface area contributed by atoms with Crippen LogP contribution in [-0.4, -0.2) is 43.0 Å². The van der Waals surface area contributed by atoms with Gasteiger partial charge in [0.2, 0.25) is 11.8 Å². The summed E-state index contributed by atoms with van der Waals surface area (Å²) in [6, 6.07) is 7.60. The highest BCUT2D eigenvalue weighted by Gasteiger charge is 2.14. The number of carbonyl (C=O) groups excluding carboxylic acids is 2. The first-order valence-corrected chi connectivity index (χ1v) is 8.29. The minimum Gasteiger partial charge on any atom is -0.492 e. The van der Waals surface area contributed by atoms with Gasteiger partial charge in [-0.25, -0.2) is 0 Å². The molecule has 0 aromatic heterocycles. The van der Waals surface area contributed by atoms with Gasteiger partial charge >= 0.3 is 0 Å². The first kappa shape index (κ1) is 18.5. The lowest BCUT2D eigenvalue weighted by Crippen LogP contribution is -2.40. The van der Waals surface area contributed by atoms with E-state index in [1.54, 1.807) is 4.90 Å². The summed E-state index contributed by atoms with van der Waals surface area (Å²) < 4.78 is 6.52. The van der Waals surface area contributed by atoms with E-state index in [0.29, 0.717) is 32.5 Å². The Bertz CT molecular complexity index is 494. The lowest BCUT2D eigenvalue weighted by molar-refractivity contribution is -0.136. The van der Waals surface area contributed by atoms with E-state index in [0.717, 1.165) is 10.2 Å². The van der Waals surface area contributed by atoms with Gasteiger partial charge in [0.1, 0.15) is 5.75 Å². The van der Waals surface area contributed by atoms with Crippen molar-refractivity contribution < 1.29 is 14.3 Å². The van der Waals surface area contributed by atoms with Gasteiger partial charge in [-0.15, -0.1) is 0 Å².